The first kappa shape index (κ1) is 8.31. The first-order valence-corrected chi connectivity index (χ1v) is 4.20. The lowest BCUT2D eigenvalue weighted by Crippen LogP contribution is -2.30. The van der Waals surface area contributed by atoms with Gasteiger partial charge in [0, 0.05) is 11.6 Å². The molecule has 0 aliphatic heterocycles. The third-order valence-corrected chi connectivity index (χ3v) is 1.75. The fourth-order valence-electron chi connectivity index (χ4n) is 1.23. The molecule has 0 aromatic rings. The summed E-state index contributed by atoms with van der Waals surface area (Å²) in [5.74, 6) is 0.123. The highest BCUT2D eigenvalue weighted by molar-refractivity contribution is 5.93. The average molecular weight is 153 g/mol. The maximum atomic E-state index is 11.3. The van der Waals surface area contributed by atoms with Crippen LogP contribution in [0.4, 0.5) is 0 Å². The number of carbonyl (C=O) groups excluding carboxylic acids is 1. The molecule has 0 heterocycles. The molecule has 2 heteroatoms. The van der Waals surface area contributed by atoms with Gasteiger partial charge < -0.3 is 5.32 Å². The van der Waals surface area contributed by atoms with E-state index in [2.05, 4.69) is 5.32 Å². The van der Waals surface area contributed by atoms with Crippen molar-refractivity contribution in [3.05, 3.63) is 11.6 Å². The monoisotopic (exact) mass is 153 g/mol. The van der Waals surface area contributed by atoms with Crippen LogP contribution in [0.25, 0.3) is 0 Å². The molecule has 1 N–H and O–H groups in total. The van der Waals surface area contributed by atoms with Gasteiger partial charge >= 0.3 is 0 Å². The molecule has 1 aliphatic carbocycles. The molecule has 1 aliphatic rings. The Kier molecular flexibility index (Phi) is 2.69. The molecular weight excluding hydrogens is 138 g/mol. The maximum absolute atomic E-state index is 11.3. The highest BCUT2D eigenvalue weighted by Crippen LogP contribution is 2.17. The molecule has 11 heavy (non-hydrogen) atoms. The number of hydrogen-bond donors (Lipinski definition) is 1. The van der Waals surface area contributed by atoms with Crippen LogP contribution in [0.5, 0.6) is 0 Å². The highest BCUT2D eigenvalue weighted by Gasteiger charge is 2.12. The summed E-state index contributed by atoms with van der Waals surface area (Å²) < 4.78 is 0. The summed E-state index contributed by atoms with van der Waals surface area (Å²) in [6.45, 7) is 3.96. The minimum Gasteiger partial charge on any atom is -0.350 e. The second-order valence-corrected chi connectivity index (χ2v) is 3.25. The lowest BCUT2D eigenvalue weighted by molar-refractivity contribution is -0.118. The Bertz CT molecular complexity index is 182. The van der Waals surface area contributed by atoms with Gasteiger partial charge in [-0.25, -0.2) is 0 Å². The molecule has 0 atom stereocenters. The topological polar surface area (TPSA) is 29.1 Å². The number of rotatable bonds is 2. The quantitative estimate of drug-likeness (QED) is 0.641. The summed E-state index contributed by atoms with van der Waals surface area (Å²) >= 11 is 0. The molecule has 0 bridgehead atoms. The molecule has 0 unspecified atom stereocenters. The third-order valence-electron chi connectivity index (χ3n) is 1.75. The van der Waals surface area contributed by atoms with Crippen LogP contribution in [-0.4, -0.2) is 11.9 Å². The Morgan fingerprint density at radius 1 is 1.64 bits per heavy atom. The molecule has 0 saturated heterocycles. The van der Waals surface area contributed by atoms with Gasteiger partial charge in [-0.15, -0.1) is 0 Å². The normalized spacial score (nSPS) is 16.8. The van der Waals surface area contributed by atoms with Crippen molar-refractivity contribution < 1.29 is 4.79 Å². The second-order valence-electron chi connectivity index (χ2n) is 3.25. The van der Waals surface area contributed by atoms with Crippen LogP contribution >= 0.6 is 0 Å². The minimum absolute atomic E-state index is 0.123. The zero-order chi connectivity index (χ0) is 8.27. The lowest BCUT2D eigenvalue weighted by atomic mass is 10.2. The van der Waals surface area contributed by atoms with E-state index in [0.717, 1.165) is 24.8 Å². The van der Waals surface area contributed by atoms with Gasteiger partial charge in [0.15, 0.2) is 0 Å². The summed E-state index contributed by atoms with van der Waals surface area (Å²) in [6.07, 6.45) is 5.21. The van der Waals surface area contributed by atoms with E-state index in [1.54, 1.807) is 0 Å². The van der Waals surface area contributed by atoms with Crippen LogP contribution in [0.3, 0.4) is 0 Å². The number of allylic oxidation sites excluding steroid dienone is 1. The van der Waals surface area contributed by atoms with Crippen LogP contribution < -0.4 is 5.32 Å². The van der Waals surface area contributed by atoms with Crippen LogP contribution in [0.1, 0.15) is 33.1 Å². The molecule has 0 fully saturated rings. The van der Waals surface area contributed by atoms with Crippen molar-refractivity contribution in [3.8, 4) is 0 Å². The Morgan fingerprint density at radius 3 is 2.82 bits per heavy atom. The zero-order valence-electron chi connectivity index (χ0n) is 7.18. The first-order valence-electron chi connectivity index (χ1n) is 4.20. The highest BCUT2D eigenvalue weighted by atomic mass is 16.1. The summed E-state index contributed by atoms with van der Waals surface area (Å²) in [6, 6.07) is 0.254. The molecule has 1 amide bonds. The van der Waals surface area contributed by atoms with E-state index in [1.165, 1.54) is 0 Å². The van der Waals surface area contributed by atoms with Crippen LogP contribution in [-0.2, 0) is 4.79 Å². The minimum atomic E-state index is 0.123. The van der Waals surface area contributed by atoms with E-state index < -0.39 is 0 Å². The molecule has 1 rings (SSSR count). The second kappa shape index (κ2) is 3.56. The van der Waals surface area contributed by atoms with E-state index in [4.69, 9.17) is 0 Å². The average Bonchev–Trinajstić information content (AvgIpc) is 2.35. The Labute approximate surface area is 67.7 Å². The van der Waals surface area contributed by atoms with Crippen molar-refractivity contribution >= 4 is 5.91 Å². The fraction of sp³-hybridized carbons (Fsp3) is 0.667. The van der Waals surface area contributed by atoms with Crippen molar-refractivity contribution in [2.24, 2.45) is 0 Å². The van der Waals surface area contributed by atoms with Crippen LogP contribution in [0.2, 0.25) is 0 Å². The van der Waals surface area contributed by atoms with Crippen molar-refractivity contribution in [1.29, 1.82) is 0 Å². The van der Waals surface area contributed by atoms with Gasteiger partial charge in [-0.05, 0) is 33.1 Å². The van der Waals surface area contributed by atoms with E-state index in [-0.39, 0.29) is 11.9 Å². The summed E-state index contributed by atoms with van der Waals surface area (Å²) in [5, 5.41) is 2.88. The van der Waals surface area contributed by atoms with Crippen LogP contribution in [0.15, 0.2) is 11.6 Å². The predicted molar refractivity (Wildman–Crippen MR) is 45.2 cm³/mol. The molecule has 0 radical (unpaired) electrons. The number of nitrogens with one attached hydrogen (secondary N) is 1. The van der Waals surface area contributed by atoms with Gasteiger partial charge in [0.05, 0.1) is 0 Å². The molecule has 0 spiro atoms. The van der Waals surface area contributed by atoms with Crippen LogP contribution in [0, 0.1) is 0 Å². The van der Waals surface area contributed by atoms with Crippen molar-refractivity contribution in [2.75, 3.05) is 0 Å². The largest absolute Gasteiger partial charge is 0.350 e. The third kappa shape index (κ3) is 2.37. The predicted octanol–water partition coefficient (Wildman–Crippen LogP) is 1.62. The van der Waals surface area contributed by atoms with E-state index in [0.29, 0.717) is 0 Å². The van der Waals surface area contributed by atoms with Gasteiger partial charge in [0.25, 0.3) is 0 Å². The van der Waals surface area contributed by atoms with Gasteiger partial charge in [0.2, 0.25) is 5.91 Å². The van der Waals surface area contributed by atoms with Gasteiger partial charge in [0.1, 0.15) is 0 Å². The Hall–Kier alpha value is -0.790. The van der Waals surface area contributed by atoms with E-state index in [1.807, 2.05) is 19.9 Å². The van der Waals surface area contributed by atoms with Crippen molar-refractivity contribution in [3.63, 3.8) is 0 Å². The Morgan fingerprint density at radius 2 is 2.36 bits per heavy atom. The molecule has 62 valence electrons. The van der Waals surface area contributed by atoms with Gasteiger partial charge in [-0.2, -0.15) is 0 Å². The number of carbonyl (C=O) groups is 1. The lowest BCUT2D eigenvalue weighted by Gasteiger charge is -2.07. The van der Waals surface area contributed by atoms with E-state index >= 15 is 0 Å². The fourth-order valence-corrected chi connectivity index (χ4v) is 1.23. The maximum Gasteiger partial charge on any atom is 0.247 e. The zero-order valence-corrected chi connectivity index (χ0v) is 7.18. The summed E-state index contributed by atoms with van der Waals surface area (Å²) in [4.78, 5) is 11.3. The van der Waals surface area contributed by atoms with Crippen molar-refractivity contribution in [1.82, 2.24) is 5.32 Å². The molecule has 0 aromatic carbocycles. The smallest absolute Gasteiger partial charge is 0.247 e. The molecule has 0 saturated carbocycles. The first-order chi connectivity index (χ1) is 5.20. The summed E-state index contributed by atoms with van der Waals surface area (Å²) in [5.41, 5.74) is 0.971. The van der Waals surface area contributed by atoms with E-state index in [9.17, 15) is 4.79 Å². The summed E-state index contributed by atoms with van der Waals surface area (Å²) in [7, 11) is 0. The number of amides is 1. The SMILES string of the molecule is CC(C)NC(=O)C1=CCCC1. The van der Waals surface area contributed by atoms with Gasteiger partial charge in [-0.3, -0.25) is 4.79 Å². The molecule has 2 nitrogen and oxygen atoms in total. The number of hydrogen-bond acceptors (Lipinski definition) is 1. The van der Waals surface area contributed by atoms with Gasteiger partial charge in [-0.1, -0.05) is 6.08 Å². The van der Waals surface area contributed by atoms with Crippen molar-refractivity contribution in [2.45, 2.75) is 39.2 Å². The molecule has 0 aromatic heterocycles. The standard InChI is InChI=1S/C9H15NO/c1-7(2)10-9(11)8-5-3-4-6-8/h5,7H,3-4,6H2,1-2H3,(H,10,11). The molecular formula is C9H15NO. The Balaban J connectivity index is 2.41.